The van der Waals surface area contributed by atoms with Crippen LogP contribution in [-0.2, 0) is 0 Å². The number of halogens is 1. The molecule has 0 aromatic heterocycles. The van der Waals surface area contributed by atoms with Gasteiger partial charge in [0.25, 0.3) is 0 Å². The second-order valence-electron chi connectivity index (χ2n) is 4.30. The second-order valence-corrected chi connectivity index (χ2v) is 4.52. The Morgan fingerprint density at radius 1 is 1.00 bits per heavy atom. The zero-order valence-corrected chi connectivity index (χ0v) is 10.8. The highest BCUT2D eigenvalue weighted by Crippen LogP contribution is 2.38. The second kappa shape index (κ2) is 4.90. The Bertz CT molecular complexity index is 647. The first kappa shape index (κ1) is 12.0. The zero-order chi connectivity index (χ0) is 13.2. The molecule has 0 spiro atoms. The van der Waals surface area contributed by atoms with Gasteiger partial charge >= 0.3 is 0 Å². The Morgan fingerprint density at radius 2 is 1.68 bits per heavy atom. The highest BCUT2D eigenvalue weighted by molar-refractivity contribution is 6.29. The highest BCUT2D eigenvalue weighted by Gasteiger charge is 2.32. The number of rotatable bonds is 1. The first-order valence-corrected chi connectivity index (χ1v) is 6.40. The van der Waals surface area contributed by atoms with Crippen LogP contribution < -0.4 is 4.74 Å². The van der Waals surface area contributed by atoms with Gasteiger partial charge in [0.2, 0.25) is 0 Å². The molecular formula is C16H11ClO2. The van der Waals surface area contributed by atoms with E-state index in [9.17, 15) is 4.79 Å². The van der Waals surface area contributed by atoms with Crippen molar-refractivity contribution in [2.45, 2.75) is 6.10 Å². The summed E-state index contributed by atoms with van der Waals surface area (Å²) in [4.78, 5) is 12.4. The van der Waals surface area contributed by atoms with Gasteiger partial charge in [-0.15, -0.1) is 0 Å². The van der Waals surface area contributed by atoms with Crippen LogP contribution >= 0.6 is 11.6 Å². The Kier molecular flexibility index (Phi) is 3.10. The lowest BCUT2D eigenvalue weighted by molar-refractivity contribution is 0.0961. The Labute approximate surface area is 116 Å². The molecule has 3 heteroatoms. The first-order valence-electron chi connectivity index (χ1n) is 5.97. The van der Waals surface area contributed by atoms with E-state index >= 15 is 0 Å². The van der Waals surface area contributed by atoms with Crippen molar-refractivity contribution in [2.75, 3.05) is 0 Å². The van der Waals surface area contributed by atoms with Gasteiger partial charge in [-0.05, 0) is 17.7 Å². The molecule has 2 aromatic carbocycles. The van der Waals surface area contributed by atoms with Crippen molar-refractivity contribution in [2.24, 2.45) is 0 Å². The summed E-state index contributed by atoms with van der Waals surface area (Å²) in [5.74, 6) is 0.523. The average Bonchev–Trinajstić information content (AvgIpc) is 2.48. The van der Waals surface area contributed by atoms with E-state index in [1.807, 2.05) is 42.5 Å². The Morgan fingerprint density at radius 3 is 2.42 bits per heavy atom. The summed E-state index contributed by atoms with van der Waals surface area (Å²) in [6.45, 7) is 0. The number of hydrogen-bond acceptors (Lipinski definition) is 2. The summed E-state index contributed by atoms with van der Waals surface area (Å²) < 4.78 is 5.92. The van der Waals surface area contributed by atoms with E-state index in [0.29, 0.717) is 16.9 Å². The van der Waals surface area contributed by atoms with Gasteiger partial charge in [-0.1, -0.05) is 54.1 Å². The lowest BCUT2D eigenvalue weighted by Crippen LogP contribution is -2.23. The molecule has 0 saturated heterocycles. The number of ketones is 1. The summed E-state index contributed by atoms with van der Waals surface area (Å²) >= 11 is 5.82. The molecule has 2 nitrogen and oxygen atoms in total. The minimum absolute atomic E-state index is 0.0781. The number of fused-ring (bicyclic) bond motifs is 1. The molecule has 0 radical (unpaired) electrons. The third-order valence-corrected chi connectivity index (χ3v) is 3.38. The maximum absolute atomic E-state index is 12.4. The van der Waals surface area contributed by atoms with Crippen LogP contribution in [0.25, 0.3) is 0 Å². The number of benzene rings is 2. The van der Waals surface area contributed by atoms with Gasteiger partial charge in [-0.2, -0.15) is 0 Å². The molecule has 0 N–H and O–H groups in total. The zero-order valence-electron chi connectivity index (χ0n) is 10.0. The van der Waals surface area contributed by atoms with E-state index in [1.54, 1.807) is 12.1 Å². The number of carbonyl (C=O) groups excluding carboxylic acids is 1. The lowest BCUT2D eigenvalue weighted by Gasteiger charge is -2.27. The Hall–Kier alpha value is -2.06. The molecule has 1 heterocycles. The molecular weight excluding hydrogens is 260 g/mol. The first-order chi connectivity index (χ1) is 9.31. The molecule has 0 saturated carbocycles. The predicted octanol–water partition coefficient (Wildman–Crippen LogP) is 4.13. The molecule has 2 aromatic rings. The van der Waals surface area contributed by atoms with Crippen LogP contribution in [-0.4, -0.2) is 5.78 Å². The minimum Gasteiger partial charge on any atom is -0.480 e. The van der Waals surface area contributed by atoms with Crippen LogP contribution in [0.3, 0.4) is 0 Å². The smallest absolute Gasteiger partial charge is 0.197 e. The van der Waals surface area contributed by atoms with Crippen molar-refractivity contribution in [1.29, 1.82) is 0 Å². The van der Waals surface area contributed by atoms with E-state index in [-0.39, 0.29) is 5.78 Å². The molecule has 94 valence electrons. The van der Waals surface area contributed by atoms with Gasteiger partial charge in [0, 0.05) is 5.54 Å². The van der Waals surface area contributed by atoms with Crippen molar-refractivity contribution in [3.63, 3.8) is 0 Å². The molecule has 1 aliphatic heterocycles. The van der Waals surface area contributed by atoms with Crippen molar-refractivity contribution in [3.05, 3.63) is 76.8 Å². The molecule has 0 aliphatic carbocycles. The van der Waals surface area contributed by atoms with E-state index in [1.165, 1.54) is 5.54 Å². The van der Waals surface area contributed by atoms with Gasteiger partial charge in [-0.25, -0.2) is 0 Å². The fourth-order valence-corrected chi connectivity index (χ4v) is 2.42. The molecule has 0 bridgehead atoms. The number of Topliss-reactive ketones (excluding diaryl/α,β-unsaturated/α-hetero) is 1. The van der Waals surface area contributed by atoms with Gasteiger partial charge in [0.1, 0.15) is 5.75 Å². The molecule has 1 atom stereocenters. The van der Waals surface area contributed by atoms with Gasteiger partial charge < -0.3 is 4.74 Å². The number of carbonyl (C=O) groups is 1. The van der Waals surface area contributed by atoms with Crippen LogP contribution in [0.5, 0.6) is 5.75 Å². The van der Waals surface area contributed by atoms with Crippen molar-refractivity contribution < 1.29 is 9.53 Å². The molecule has 1 aliphatic rings. The molecule has 1 unspecified atom stereocenters. The van der Waals surface area contributed by atoms with Crippen molar-refractivity contribution in [3.8, 4) is 5.75 Å². The third kappa shape index (κ3) is 2.04. The molecule has 0 fully saturated rings. The average molecular weight is 271 g/mol. The molecule has 3 rings (SSSR count). The van der Waals surface area contributed by atoms with Crippen molar-refractivity contribution in [1.82, 2.24) is 0 Å². The van der Waals surface area contributed by atoms with Crippen LogP contribution in [0.15, 0.2) is 65.7 Å². The van der Waals surface area contributed by atoms with Gasteiger partial charge in [0.05, 0.1) is 11.1 Å². The maximum Gasteiger partial charge on any atom is 0.197 e. The SMILES string of the molecule is O=C1/C(=C/Cl)C(c2ccccc2)Oc2ccccc21. The normalized spacial score (nSPS) is 19.9. The van der Waals surface area contributed by atoms with Gasteiger partial charge in [-0.3, -0.25) is 4.79 Å². The van der Waals surface area contributed by atoms with E-state index in [4.69, 9.17) is 16.3 Å². The Balaban J connectivity index is 2.11. The molecule has 19 heavy (non-hydrogen) atoms. The monoisotopic (exact) mass is 270 g/mol. The van der Waals surface area contributed by atoms with Gasteiger partial charge in [0.15, 0.2) is 11.9 Å². The summed E-state index contributed by atoms with van der Waals surface area (Å²) in [7, 11) is 0. The third-order valence-electron chi connectivity index (χ3n) is 3.14. The van der Waals surface area contributed by atoms with E-state index in [0.717, 1.165) is 5.56 Å². The van der Waals surface area contributed by atoms with Crippen LogP contribution in [0.4, 0.5) is 0 Å². The largest absolute Gasteiger partial charge is 0.480 e. The summed E-state index contributed by atoms with van der Waals surface area (Å²) in [6, 6.07) is 16.8. The summed E-state index contributed by atoms with van der Waals surface area (Å²) in [5.41, 5.74) is 3.25. The number of para-hydroxylation sites is 1. The maximum atomic E-state index is 12.4. The van der Waals surface area contributed by atoms with Crippen molar-refractivity contribution >= 4 is 17.4 Å². The fourth-order valence-electron chi connectivity index (χ4n) is 2.20. The van der Waals surface area contributed by atoms with Crippen LogP contribution in [0.2, 0.25) is 0 Å². The van der Waals surface area contributed by atoms with E-state index < -0.39 is 6.10 Å². The van der Waals surface area contributed by atoms with E-state index in [2.05, 4.69) is 0 Å². The number of ether oxygens (including phenoxy) is 1. The highest BCUT2D eigenvalue weighted by atomic mass is 35.5. The minimum atomic E-state index is -0.443. The quantitative estimate of drug-likeness (QED) is 0.729. The van der Waals surface area contributed by atoms with Crippen LogP contribution in [0.1, 0.15) is 22.0 Å². The molecule has 0 amide bonds. The predicted molar refractivity (Wildman–Crippen MR) is 74.5 cm³/mol. The standard InChI is InChI=1S/C16H11ClO2/c17-10-13-15(18)12-8-4-5-9-14(12)19-16(13)11-6-2-1-3-7-11/h1-10,16H/b13-10-. The topological polar surface area (TPSA) is 26.3 Å². The summed E-state index contributed by atoms with van der Waals surface area (Å²) in [6.07, 6.45) is -0.443. The summed E-state index contributed by atoms with van der Waals surface area (Å²) in [5, 5.41) is 0. The number of hydrogen-bond donors (Lipinski definition) is 0. The fraction of sp³-hybridized carbons (Fsp3) is 0.0625. The lowest BCUT2D eigenvalue weighted by atomic mass is 9.92. The van der Waals surface area contributed by atoms with Crippen LogP contribution in [0, 0.1) is 0 Å².